The lowest BCUT2D eigenvalue weighted by atomic mass is 9.68. The van der Waals surface area contributed by atoms with E-state index in [0.717, 1.165) is 11.1 Å². The van der Waals surface area contributed by atoms with Gasteiger partial charge in [-0.15, -0.1) is 0 Å². The van der Waals surface area contributed by atoms with Gasteiger partial charge in [-0.3, -0.25) is 4.79 Å². The molecule has 2 N–H and O–H groups in total. The SMILES string of the molecule is COC(=O)[C@@H]1[C@@H](c2ccccc2)[C@]2(c3ccc(OC)cc3)Oc3cc(OC)cc(OC)c3[C@@]23NC(Cc2ccccc2)=N[C@@]13O. The van der Waals surface area contributed by atoms with Crippen LogP contribution in [0.4, 0.5) is 0 Å². The fourth-order valence-electron chi connectivity index (χ4n) is 7.72. The van der Waals surface area contributed by atoms with Crippen molar-refractivity contribution in [3.8, 4) is 23.0 Å². The maximum atomic E-state index is 14.1. The summed E-state index contributed by atoms with van der Waals surface area (Å²) in [6.45, 7) is 0. The van der Waals surface area contributed by atoms with Gasteiger partial charge in [-0.1, -0.05) is 72.8 Å². The number of hydrogen-bond donors (Lipinski definition) is 2. The number of carbonyl (C=O) groups is 1. The van der Waals surface area contributed by atoms with E-state index in [2.05, 4.69) is 5.32 Å². The molecular formula is C36H34N2O7. The van der Waals surface area contributed by atoms with E-state index in [9.17, 15) is 9.90 Å². The van der Waals surface area contributed by atoms with Crippen LogP contribution in [0.25, 0.3) is 0 Å². The summed E-state index contributed by atoms with van der Waals surface area (Å²) in [5.41, 5.74) is -2.10. The van der Waals surface area contributed by atoms with Gasteiger partial charge in [0.15, 0.2) is 11.1 Å². The lowest BCUT2D eigenvalue weighted by molar-refractivity contribution is -0.156. The first kappa shape index (κ1) is 28.7. The number of hydrogen-bond acceptors (Lipinski definition) is 9. The van der Waals surface area contributed by atoms with Crippen LogP contribution in [0.5, 0.6) is 23.0 Å². The third-order valence-electron chi connectivity index (χ3n) is 9.44. The molecule has 1 saturated carbocycles. The van der Waals surface area contributed by atoms with E-state index in [4.69, 9.17) is 28.7 Å². The molecule has 4 aromatic carbocycles. The Bertz CT molecular complexity index is 1780. The highest BCUT2D eigenvalue weighted by Gasteiger charge is 2.87. The average molecular weight is 607 g/mol. The van der Waals surface area contributed by atoms with Gasteiger partial charge in [0.05, 0.1) is 34.0 Å². The second kappa shape index (κ2) is 10.6. The van der Waals surface area contributed by atoms with Crippen LogP contribution in [0, 0.1) is 5.92 Å². The van der Waals surface area contributed by atoms with E-state index in [0.29, 0.717) is 46.4 Å². The standard InChI is InChI=1S/C36H34N2O7/c1-41-25-17-15-24(16-18-25)34-30(23-13-9-6-10-14-23)32(33(39)44-4)36(40)35(34,37-29(38-36)19-22-11-7-5-8-12-22)31-27(43-3)20-26(42-2)21-28(31)45-34/h5-18,20-21,30,32,40H,19H2,1-4H3,(H,37,38)/t30-,32+,34+,35-,36-/m1/s1. The van der Waals surface area contributed by atoms with Gasteiger partial charge in [-0.05, 0) is 28.8 Å². The topological polar surface area (TPSA) is 108 Å². The Morgan fingerprint density at radius 1 is 0.867 bits per heavy atom. The largest absolute Gasteiger partial charge is 0.497 e. The van der Waals surface area contributed by atoms with Gasteiger partial charge < -0.3 is 34.1 Å². The van der Waals surface area contributed by atoms with Crippen molar-refractivity contribution in [3.63, 3.8) is 0 Å². The number of amidine groups is 1. The molecular weight excluding hydrogens is 572 g/mol. The van der Waals surface area contributed by atoms with Gasteiger partial charge in [-0.2, -0.15) is 0 Å². The highest BCUT2D eigenvalue weighted by molar-refractivity contribution is 5.92. The van der Waals surface area contributed by atoms with Gasteiger partial charge in [0.25, 0.3) is 0 Å². The van der Waals surface area contributed by atoms with Crippen molar-refractivity contribution in [1.82, 2.24) is 5.32 Å². The molecule has 0 saturated heterocycles. The van der Waals surface area contributed by atoms with Crippen LogP contribution in [-0.4, -0.2) is 51.1 Å². The summed E-state index contributed by atoms with van der Waals surface area (Å²) >= 11 is 0. The molecule has 9 nitrogen and oxygen atoms in total. The fourth-order valence-corrected chi connectivity index (χ4v) is 7.72. The zero-order valence-corrected chi connectivity index (χ0v) is 25.4. The molecule has 2 heterocycles. The van der Waals surface area contributed by atoms with Crippen molar-refractivity contribution in [2.75, 3.05) is 28.4 Å². The van der Waals surface area contributed by atoms with Gasteiger partial charge in [0, 0.05) is 24.5 Å². The summed E-state index contributed by atoms with van der Waals surface area (Å²) in [7, 11) is 6.05. The maximum Gasteiger partial charge on any atom is 0.314 e. The number of benzene rings is 4. The van der Waals surface area contributed by atoms with Crippen LogP contribution < -0.4 is 24.3 Å². The number of aliphatic hydroxyl groups is 1. The van der Waals surface area contributed by atoms with Gasteiger partial charge in [0.1, 0.15) is 34.8 Å². The Morgan fingerprint density at radius 2 is 1.53 bits per heavy atom. The highest BCUT2D eigenvalue weighted by atomic mass is 16.5. The normalized spacial score (nSPS) is 27.3. The molecule has 1 spiro atoms. The van der Waals surface area contributed by atoms with Crippen LogP contribution >= 0.6 is 0 Å². The van der Waals surface area contributed by atoms with E-state index in [1.807, 2.05) is 84.9 Å². The van der Waals surface area contributed by atoms with Crippen LogP contribution in [-0.2, 0) is 27.1 Å². The quantitative estimate of drug-likeness (QED) is 0.278. The predicted octanol–water partition coefficient (Wildman–Crippen LogP) is 4.72. The molecule has 2 aliphatic heterocycles. The van der Waals surface area contributed by atoms with Crippen molar-refractivity contribution < 1.29 is 33.6 Å². The molecule has 1 aliphatic carbocycles. The van der Waals surface area contributed by atoms with Gasteiger partial charge in [0.2, 0.25) is 5.72 Å². The van der Waals surface area contributed by atoms with Crippen molar-refractivity contribution in [2.45, 2.75) is 29.2 Å². The van der Waals surface area contributed by atoms with Crippen LogP contribution in [0.3, 0.4) is 0 Å². The minimum atomic E-state index is -2.09. The molecule has 0 amide bonds. The number of nitrogens with one attached hydrogen (secondary N) is 1. The third kappa shape index (κ3) is 3.83. The van der Waals surface area contributed by atoms with Crippen LogP contribution in [0.1, 0.15) is 28.2 Å². The number of nitrogens with zero attached hydrogens (tertiary/aromatic N) is 1. The van der Waals surface area contributed by atoms with Crippen molar-refractivity contribution in [1.29, 1.82) is 0 Å². The van der Waals surface area contributed by atoms with Crippen molar-refractivity contribution >= 4 is 11.8 Å². The van der Waals surface area contributed by atoms with E-state index in [1.165, 1.54) is 7.11 Å². The molecule has 3 aliphatic rings. The first-order chi connectivity index (χ1) is 21.9. The molecule has 45 heavy (non-hydrogen) atoms. The van der Waals surface area contributed by atoms with Crippen molar-refractivity contribution in [3.05, 3.63) is 119 Å². The third-order valence-corrected chi connectivity index (χ3v) is 9.44. The minimum absolute atomic E-state index is 0.376. The highest BCUT2D eigenvalue weighted by Crippen LogP contribution is 2.75. The summed E-state index contributed by atoms with van der Waals surface area (Å²) in [5, 5.41) is 17.0. The molecule has 0 aromatic heterocycles. The molecule has 5 atom stereocenters. The molecule has 0 unspecified atom stereocenters. The molecule has 7 rings (SSSR count). The second-order valence-electron chi connectivity index (χ2n) is 11.5. The smallest absolute Gasteiger partial charge is 0.314 e. The molecule has 1 fully saturated rings. The Morgan fingerprint density at radius 3 is 2.16 bits per heavy atom. The number of rotatable bonds is 8. The maximum absolute atomic E-state index is 14.1. The van der Waals surface area contributed by atoms with E-state index < -0.39 is 34.7 Å². The van der Waals surface area contributed by atoms with Crippen LogP contribution in [0.15, 0.2) is 102 Å². The van der Waals surface area contributed by atoms with E-state index in [1.54, 1.807) is 33.5 Å². The number of methoxy groups -OCH3 is 4. The molecule has 9 heteroatoms. The summed E-state index contributed by atoms with van der Waals surface area (Å²) in [6, 6.07) is 30.4. The lowest BCUT2D eigenvalue weighted by Crippen LogP contribution is -2.63. The number of carbonyl (C=O) groups excluding carboxylic acids is 1. The molecule has 230 valence electrons. The molecule has 0 bridgehead atoms. The number of aliphatic imine (C=N–C) groups is 1. The Balaban J connectivity index is 1.60. The Kier molecular flexibility index (Phi) is 6.74. The minimum Gasteiger partial charge on any atom is -0.497 e. The van der Waals surface area contributed by atoms with Crippen LogP contribution in [0.2, 0.25) is 0 Å². The average Bonchev–Trinajstić information content (AvgIpc) is 3.60. The summed E-state index contributed by atoms with van der Waals surface area (Å²) < 4.78 is 29.8. The number of esters is 1. The summed E-state index contributed by atoms with van der Waals surface area (Å²) in [5.74, 6) is -0.0659. The zero-order valence-electron chi connectivity index (χ0n) is 25.4. The predicted molar refractivity (Wildman–Crippen MR) is 167 cm³/mol. The van der Waals surface area contributed by atoms with E-state index in [-0.39, 0.29) is 0 Å². The first-order valence-electron chi connectivity index (χ1n) is 14.7. The molecule has 0 radical (unpaired) electrons. The van der Waals surface area contributed by atoms with Crippen molar-refractivity contribution in [2.24, 2.45) is 10.9 Å². The second-order valence-corrected chi connectivity index (χ2v) is 11.5. The van der Waals surface area contributed by atoms with Gasteiger partial charge in [-0.25, -0.2) is 4.99 Å². The number of fused-ring (bicyclic) bond motifs is 1. The fraction of sp³-hybridized carbons (Fsp3) is 0.278. The Labute approximate surface area is 261 Å². The lowest BCUT2D eigenvalue weighted by Gasteiger charge is -2.44. The summed E-state index contributed by atoms with van der Waals surface area (Å²) in [6.07, 6.45) is 0.376. The first-order valence-corrected chi connectivity index (χ1v) is 14.7. The Hall–Kier alpha value is -5.02. The molecule has 4 aromatic rings. The van der Waals surface area contributed by atoms with Gasteiger partial charge >= 0.3 is 5.97 Å². The summed E-state index contributed by atoms with van der Waals surface area (Å²) in [4.78, 5) is 19.1. The zero-order chi connectivity index (χ0) is 31.4. The van der Waals surface area contributed by atoms with E-state index >= 15 is 0 Å². The monoisotopic (exact) mass is 606 g/mol. The number of ether oxygens (including phenoxy) is 5.